The van der Waals surface area contributed by atoms with E-state index in [-0.39, 0.29) is 13.2 Å². The number of carbonyl (C=O) groups is 1. The maximum Gasteiger partial charge on any atom is 0.153 e. The standard InChI is InChI=1S/C16H22O2.CH4/c1-2-3-12-4-6-13(7-5-12)14-8-9-16(18)15(10-14)11-17;/h8-13,18H,2-7H2,1H3;1H4. The summed E-state index contributed by atoms with van der Waals surface area (Å²) in [5.74, 6) is 1.56. The van der Waals surface area contributed by atoms with Crippen LogP contribution in [0.1, 0.15) is 74.7 Å². The van der Waals surface area contributed by atoms with Gasteiger partial charge in [0.25, 0.3) is 0 Å². The van der Waals surface area contributed by atoms with Crippen LogP contribution in [0.15, 0.2) is 18.2 Å². The van der Waals surface area contributed by atoms with Crippen LogP contribution < -0.4 is 0 Å². The van der Waals surface area contributed by atoms with Crippen LogP contribution in [0.3, 0.4) is 0 Å². The molecule has 1 aromatic carbocycles. The number of phenols is 1. The zero-order valence-corrected chi connectivity index (χ0v) is 11.1. The molecule has 0 amide bonds. The summed E-state index contributed by atoms with van der Waals surface area (Å²) in [6, 6.07) is 5.47. The molecule has 1 saturated carbocycles. The number of aldehydes is 1. The summed E-state index contributed by atoms with van der Waals surface area (Å²) in [5, 5.41) is 9.51. The third kappa shape index (κ3) is 3.82. The summed E-state index contributed by atoms with van der Waals surface area (Å²) in [6.07, 6.45) is 8.40. The second-order valence-corrected chi connectivity index (χ2v) is 5.44. The molecule has 2 heteroatoms. The minimum atomic E-state index is 0. The van der Waals surface area contributed by atoms with Gasteiger partial charge >= 0.3 is 0 Å². The van der Waals surface area contributed by atoms with Crippen LogP contribution in [0.4, 0.5) is 0 Å². The van der Waals surface area contributed by atoms with Crippen molar-refractivity contribution in [1.82, 2.24) is 0 Å². The molecular weight excluding hydrogens is 236 g/mol. The van der Waals surface area contributed by atoms with Crippen LogP contribution in [0.25, 0.3) is 0 Å². The normalized spacial score (nSPS) is 22.6. The molecule has 0 aromatic heterocycles. The molecule has 1 aromatic rings. The Kier molecular flexibility index (Phi) is 6.07. The van der Waals surface area contributed by atoms with Crippen molar-refractivity contribution < 1.29 is 9.90 Å². The first-order chi connectivity index (χ1) is 8.74. The highest BCUT2D eigenvalue weighted by atomic mass is 16.3. The second-order valence-electron chi connectivity index (χ2n) is 5.44. The van der Waals surface area contributed by atoms with Crippen molar-refractivity contribution in [2.45, 2.75) is 58.8 Å². The molecule has 0 atom stereocenters. The lowest BCUT2D eigenvalue weighted by atomic mass is 9.77. The van der Waals surface area contributed by atoms with E-state index in [2.05, 4.69) is 6.92 Å². The van der Waals surface area contributed by atoms with Crippen molar-refractivity contribution in [1.29, 1.82) is 0 Å². The molecule has 0 unspecified atom stereocenters. The maximum absolute atomic E-state index is 10.8. The summed E-state index contributed by atoms with van der Waals surface area (Å²) < 4.78 is 0. The lowest BCUT2D eigenvalue weighted by Gasteiger charge is -2.28. The summed E-state index contributed by atoms with van der Waals surface area (Å²) in [6.45, 7) is 2.25. The lowest BCUT2D eigenvalue weighted by molar-refractivity contribution is 0.112. The zero-order chi connectivity index (χ0) is 13.0. The first kappa shape index (κ1) is 15.7. The highest BCUT2D eigenvalue weighted by Crippen LogP contribution is 2.38. The summed E-state index contributed by atoms with van der Waals surface area (Å²) in [5.41, 5.74) is 1.63. The Morgan fingerprint density at radius 1 is 1.26 bits per heavy atom. The molecule has 0 aliphatic heterocycles. The zero-order valence-electron chi connectivity index (χ0n) is 11.1. The van der Waals surface area contributed by atoms with Crippen molar-refractivity contribution in [2.24, 2.45) is 5.92 Å². The fourth-order valence-electron chi connectivity index (χ4n) is 3.11. The van der Waals surface area contributed by atoms with E-state index >= 15 is 0 Å². The van der Waals surface area contributed by atoms with E-state index in [0.29, 0.717) is 11.5 Å². The monoisotopic (exact) mass is 262 g/mol. The number of hydrogen-bond donors (Lipinski definition) is 1. The van der Waals surface area contributed by atoms with Gasteiger partial charge < -0.3 is 5.11 Å². The summed E-state index contributed by atoms with van der Waals surface area (Å²) >= 11 is 0. The molecule has 19 heavy (non-hydrogen) atoms. The van der Waals surface area contributed by atoms with Crippen LogP contribution in [0, 0.1) is 5.92 Å². The van der Waals surface area contributed by atoms with Crippen molar-refractivity contribution >= 4 is 6.29 Å². The molecule has 2 rings (SSSR count). The Labute approximate surface area is 116 Å². The van der Waals surface area contributed by atoms with Gasteiger partial charge in [-0.3, -0.25) is 4.79 Å². The van der Waals surface area contributed by atoms with Gasteiger partial charge in [0.2, 0.25) is 0 Å². The fraction of sp³-hybridized carbons (Fsp3) is 0.588. The average Bonchev–Trinajstić information content (AvgIpc) is 2.41. The summed E-state index contributed by atoms with van der Waals surface area (Å²) in [7, 11) is 0. The molecule has 1 fully saturated rings. The minimum absolute atomic E-state index is 0. The maximum atomic E-state index is 10.8. The molecule has 0 heterocycles. The van der Waals surface area contributed by atoms with Gasteiger partial charge in [-0.05, 0) is 55.2 Å². The SMILES string of the molecule is C.CCCC1CCC(c2ccc(O)c(C=O)c2)CC1. The molecule has 1 N–H and O–H groups in total. The molecule has 106 valence electrons. The van der Waals surface area contributed by atoms with Crippen LogP contribution in [0.2, 0.25) is 0 Å². The van der Waals surface area contributed by atoms with E-state index in [9.17, 15) is 9.90 Å². The molecule has 0 spiro atoms. The molecule has 0 bridgehead atoms. The predicted octanol–water partition coefficient (Wildman–Crippen LogP) is 4.91. The predicted molar refractivity (Wildman–Crippen MR) is 79.8 cm³/mol. The van der Waals surface area contributed by atoms with Gasteiger partial charge in [-0.15, -0.1) is 0 Å². The van der Waals surface area contributed by atoms with E-state index < -0.39 is 0 Å². The minimum Gasteiger partial charge on any atom is -0.507 e. The van der Waals surface area contributed by atoms with Gasteiger partial charge in [0.15, 0.2) is 6.29 Å². The van der Waals surface area contributed by atoms with Gasteiger partial charge in [-0.1, -0.05) is 33.3 Å². The Morgan fingerprint density at radius 2 is 1.95 bits per heavy atom. The molecule has 1 aliphatic carbocycles. The van der Waals surface area contributed by atoms with Crippen LogP contribution >= 0.6 is 0 Å². The molecular formula is C17H26O2. The fourth-order valence-corrected chi connectivity index (χ4v) is 3.11. The molecule has 1 aliphatic rings. The Bertz CT molecular complexity index is 404. The number of hydrogen-bond acceptors (Lipinski definition) is 2. The lowest BCUT2D eigenvalue weighted by Crippen LogP contribution is -2.13. The first-order valence-corrected chi connectivity index (χ1v) is 7.02. The van der Waals surface area contributed by atoms with Crippen LogP contribution in [-0.4, -0.2) is 11.4 Å². The third-order valence-corrected chi connectivity index (χ3v) is 4.19. The number of benzene rings is 1. The van der Waals surface area contributed by atoms with Crippen molar-refractivity contribution in [2.75, 3.05) is 0 Å². The first-order valence-electron chi connectivity index (χ1n) is 7.02. The topological polar surface area (TPSA) is 37.3 Å². The Morgan fingerprint density at radius 3 is 2.53 bits per heavy atom. The van der Waals surface area contributed by atoms with Crippen molar-refractivity contribution in [3.63, 3.8) is 0 Å². The van der Waals surface area contributed by atoms with E-state index in [0.717, 1.165) is 12.2 Å². The highest BCUT2D eigenvalue weighted by Gasteiger charge is 2.22. The van der Waals surface area contributed by atoms with Crippen molar-refractivity contribution in [3.8, 4) is 5.75 Å². The average molecular weight is 262 g/mol. The Hall–Kier alpha value is -1.31. The van der Waals surface area contributed by atoms with E-state index in [1.165, 1.54) is 44.1 Å². The van der Waals surface area contributed by atoms with Gasteiger partial charge in [-0.2, -0.15) is 0 Å². The van der Waals surface area contributed by atoms with Crippen LogP contribution in [0.5, 0.6) is 5.75 Å². The molecule has 0 saturated heterocycles. The van der Waals surface area contributed by atoms with E-state index in [4.69, 9.17) is 0 Å². The smallest absolute Gasteiger partial charge is 0.153 e. The Balaban J connectivity index is 0.00000180. The van der Waals surface area contributed by atoms with Gasteiger partial charge in [0.05, 0.1) is 5.56 Å². The summed E-state index contributed by atoms with van der Waals surface area (Å²) in [4.78, 5) is 10.8. The number of carbonyl (C=O) groups excluding carboxylic acids is 1. The van der Waals surface area contributed by atoms with Crippen molar-refractivity contribution in [3.05, 3.63) is 29.3 Å². The second kappa shape index (κ2) is 7.32. The van der Waals surface area contributed by atoms with E-state index in [1.807, 2.05) is 12.1 Å². The number of aromatic hydroxyl groups is 1. The number of rotatable bonds is 4. The van der Waals surface area contributed by atoms with Crippen LogP contribution in [-0.2, 0) is 0 Å². The van der Waals surface area contributed by atoms with Gasteiger partial charge in [0, 0.05) is 0 Å². The third-order valence-electron chi connectivity index (χ3n) is 4.19. The number of phenolic OH excluding ortho intramolecular Hbond substituents is 1. The van der Waals surface area contributed by atoms with Gasteiger partial charge in [-0.25, -0.2) is 0 Å². The van der Waals surface area contributed by atoms with E-state index in [1.54, 1.807) is 6.07 Å². The molecule has 0 radical (unpaired) electrons. The highest BCUT2D eigenvalue weighted by molar-refractivity contribution is 5.79. The molecule has 2 nitrogen and oxygen atoms in total. The van der Waals surface area contributed by atoms with Gasteiger partial charge in [0.1, 0.15) is 5.75 Å². The largest absolute Gasteiger partial charge is 0.507 e. The quantitative estimate of drug-likeness (QED) is 0.782.